The normalized spacial score (nSPS) is 31.0. The second kappa shape index (κ2) is 8.82. The molecule has 0 spiro atoms. The Bertz CT molecular complexity index is 582. The fourth-order valence-electron chi connectivity index (χ4n) is 5.48. The zero-order chi connectivity index (χ0) is 18.7. The molecule has 1 aromatic carbocycles. The van der Waals surface area contributed by atoms with E-state index in [1.54, 1.807) is 12.1 Å². The molecule has 1 nitrogen and oxygen atoms in total. The van der Waals surface area contributed by atoms with Gasteiger partial charge in [0.25, 0.3) is 0 Å². The Morgan fingerprint density at radius 1 is 0.923 bits per heavy atom. The highest BCUT2D eigenvalue weighted by molar-refractivity contribution is 5.30. The van der Waals surface area contributed by atoms with Crippen molar-refractivity contribution in [2.75, 3.05) is 0 Å². The molecule has 0 bridgehead atoms. The van der Waals surface area contributed by atoms with E-state index in [1.165, 1.54) is 45.4 Å². The molecule has 2 aliphatic rings. The molecule has 0 saturated heterocycles. The van der Waals surface area contributed by atoms with Gasteiger partial charge in [0.15, 0.2) is 11.6 Å². The third-order valence-electron chi connectivity index (χ3n) is 7.06. The molecule has 0 amide bonds. The lowest BCUT2D eigenvalue weighted by atomic mass is 9.68. The summed E-state index contributed by atoms with van der Waals surface area (Å²) in [5.74, 6) is 1.08. The van der Waals surface area contributed by atoms with Crippen LogP contribution in [0.3, 0.4) is 0 Å². The summed E-state index contributed by atoms with van der Waals surface area (Å²) in [6, 6.07) is 3.25. The lowest BCUT2D eigenvalue weighted by Gasteiger charge is -2.38. The number of rotatable bonds is 5. The van der Waals surface area contributed by atoms with Crippen LogP contribution in [0, 0.1) is 29.4 Å². The molecule has 2 aliphatic carbocycles. The van der Waals surface area contributed by atoms with Crippen LogP contribution in [0.4, 0.5) is 8.78 Å². The van der Waals surface area contributed by atoms with Crippen molar-refractivity contribution < 1.29 is 13.9 Å². The SMILES string of the molecule is CCC[C@H]1CC[C@H](C2CCC(c3ccc(C(C)O)c(F)c3F)CC2)CC1. The predicted molar refractivity (Wildman–Crippen MR) is 102 cm³/mol. The Morgan fingerprint density at radius 2 is 1.50 bits per heavy atom. The first kappa shape index (κ1) is 19.8. The number of aliphatic hydroxyl groups excluding tert-OH is 1. The Kier molecular flexibility index (Phi) is 6.71. The Morgan fingerprint density at radius 3 is 2.04 bits per heavy atom. The Balaban J connectivity index is 1.57. The van der Waals surface area contributed by atoms with Gasteiger partial charge in [-0.25, -0.2) is 8.78 Å². The maximum Gasteiger partial charge on any atom is 0.164 e. The summed E-state index contributed by atoms with van der Waals surface area (Å²) in [4.78, 5) is 0. The first-order valence-electron chi connectivity index (χ1n) is 10.7. The van der Waals surface area contributed by atoms with Gasteiger partial charge in [-0.2, -0.15) is 0 Å². The van der Waals surface area contributed by atoms with Crippen molar-refractivity contribution >= 4 is 0 Å². The Hall–Kier alpha value is -0.960. The predicted octanol–water partition coefficient (Wildman–Crippen LogP) is 6.90. The molecule has 26 heavy (non-hydrogen) atoms. The van der Waals surface area contributed by atoms with E-state index in [-0.39, 0.29) is 11.5 Å². The van der Waals surface area contributed by atoms with Gasteiger partial charge >= 0.3 is 0 Å². The van der Waals surface area contributed by atoms with Crippen LogP contribution in [0.15, 0.2) is 12.1 Å². The molecule has 3 heteroatoms. The lowest BCUT2D eigenvalue weighted by molar-refractivity contribution is 0.155. The minimum atomic E-state index is -0.975. The van der Waals surface area contributed by atoms with Crippen molar-refractivity contribution in [3.8, 4) is 0 Å². The molecule has 1 N–H and O–H groups in total. The summed E-state index contributed by atoms with van der Waals surface area (Å²) in [7, 11) is 0. The van der Waals surface area contributed by atoms with E-state index >= 15 is 0 Å². The second-order valence-electron chi connectivity index (χ2n) is 8.73. The van der Waals surface area contributed by atoms with Gasteiger partial charge in [-0.05, 0) is 74.7 Å². The zero-order valence-corrected chi connectivity index (χ0v) is 16.3. The van der Waals surface area contributed by atoms with Crippen LogP contribution in [0.2, 0.25) is 0 Å². The standard InChI is InChI=1S/C23H34F2O/c1-3-4-16-5-7-17(8-6-16)18-9-11-19(12-10-18)21-14-13-20(15(2)26)22(24)23(21)25/h13-19,26H,3-12H2,1-2H3/t15?,16-,17-,18?,19?. The fraction of sp³-hybridized carbons (Fsp3) is 0.739. The minimum Gasteiger partial charge on any atom is -0.389 e. The van der Waals surface area contributed by atoms with Crippen molar-refractivity contribution in [1.82, 2.24) is 0 Å². The lowest BCUT2D eigenvalue weighted by Crippen LogP contribution is -2.25. The van der Waals surface area contributed by atoms with Gasteiger partial charge in [0, 0.05) is 5.56 Å². The third-order valence-corrected chi connectivity index (χ3v) is 7.06. The highest BCUT2D eigenvalue weighted by Crippen LogP contribution is 2.45. The molecular formula is C23H34F2O. The van der Waals surface area contributed by atoms with Gasteiger partial charge in [-0.15, -0.1) is 0 Å². The minimum absolute atomic E-state index is 0.0591. The summed E-state index contributed by atoms with van der Waals surface area (Å²) in [6.45, 7) is 3.75. The number of hydrogen-bond donors (Lipinski definition) is 1. The molecule has 2 fully saturated rings. The van der Waals surface area contributed by atoms with E-state index < -0.39 is 17.7 Å². The van der Waals surface area contributed by atoms with Crippen LogP contribution in [-0.4, -0.2) is 5.11 Å². The number of hydrogen-bond acceptors (Lipinski definition) is 1. The van der Waals surface area contributed by atoms with Crippen LogP contribution < -0.4 is 0 Å². The highest BCUT2D eigenvalue weighted by atomic mass is 19.2. The monoisotopic (exact) mass is 364 g/mol. The molecule has 1 unspecified atom stereocenters. The number of halogens is 2. The summed E-state index contributed by atoms with van der Waals surface area (Å²) >= 11 is 0. The van der Waals surface area contributed by atoms with E-state index in [4.69, 9.17) is 0 Å². The van der Waals surface area contributed by atoms with E-state index in [1.807, 2.05) is 0 Å². The molecule has 2 saturated carbocycles. The van der Waals surface area contributed by atoms with E-state index in [0.717, 1.165) is 43.4 Å². The van der Waals surface area contributed by atoms with E-state index in [9.17, 15) is 13.9 Å². The summed E-state index contributed by atoms with van der Waals surface area (Å²) in [5.41, 5.74) is 0.570. The summed E-state index contributed by atoms with van der Waals surface area (Å²) in [5, 5.41) is 9.55. The smallest absolute Gasteiger partial charge is 0.164 e. The molecule has 1 aromatic rings. The van der Waals surface area contributed by atoms with Crippen molar-refractivity contribution in [2.24, 2.45) is 17.8 Å². The number of aliphatic hydroxyl groups is 1. The molecule has 146 valence electrons. The van der Waals surface area contributed by atoms with Crippen LogP contribution >= 0.6 is 0 Å². The maximum absolute atomic E-state index is 14.5. The molecule has 1 atom stereocenters. The second-order valence-corrected chi connectivity index (χ2v) is 8.73. The van der Waals surface area contributed by atoms with E-state index in [0.29, 0.717) is 5.56 Å². The van der Waals surface area contributed by atoms with Crippen molar-refractivity contribution in [2.45, 2.75) is 90.1 Å². The molecule has 3 rings (SSSR count). The molecule has 0 heterocycles. The van der Waals surface area contributed by atoms with Gasteiger partial charge in [-0.1, -0.05) is 44.7 Å². The molecule has 0 aromatic heterocycles. The van der Waals surface area contributed by atoms with Crippen molar-refractivity contribution in [3.63, 3.8) is 0 Å². The van der Waals surface area contributed by atoms with Crippen LogP contribution in [-0.2, 0) is 0 Å². The van der Waals surface area contributed by atoms with Crippen LogP contribution in [0.1, 0.15) is 101 Å². The van der Waals surface area contributed by atoms with Crippen LogP contribution in [0.5, 0.6) is 0 Å². The first-order valence-corrected chi connectivity index (χ1v) is 10.7. The molecule has 0 radical (unpaired) electrons. The average molecular weight is 365 g/mol. The topological polar surface area (TPSA) is 20.2 Å². The van der Waals surface area contributed by atoms with Crippen LogP contribution in [0.25, 0.3) is 0 Å². The summed E-state index contributed by atoms with van der Waals surface area (Å²) < 4.78 is 28.7. The van der Waals surface area contributed by atoms with Gasteiger partial charge in [-0.3, -0.25) is 0 Å². The molecule has 0 aliphatic heterocycles. The third kappa shape index (κ3) is 4.30. The van der Waals surface area contributed by atoms with Crippen molar-refractivity contribution in [3.05, 3.63) is 34.9 Å². The van der Waals surface area contributed by atoms with E-state index in [2.05, 4.69) is 6.92 Å². The van der Waals surface area contributed by atoms with Crippen molar-refractivity contribution in [1.29, 1.82) is 0 Å². The average Bonchev–Trinajstić information content (AvgIpc) is 2.65. The molecular weight excluding hydrogens is 330 g/mol. The maximum atomic E-state index is 14.5. The van der Waals surface area contributed by atoms with Gasteiger partial charge < -0.3 is 5.11 Å². The first-order chi connectivity index (χ1) is 12.5. The highest BCUT2D eigenvalue weighted by Gasteiger charge is 2.32. The van der Waals surface area contributed by atoms with Gasteiger partial charge in [0.2, 0.25) is 0 Å². The van der Waals surface area contributed by atoms with Gasteiger partial charge in [0.1, 0.15) is 0 Å². The number of benzene rings is 1. The fourth-order valence-corrected chi connectivity index (χ4v) is 5.48. The zero-order valence-electron chi connectivity index (χ0n) is 16.3. The quantitative estimate of drug-likeness (QED) is 0.602. The van der Waals surface area contributed by atoms with Gasteiger partial charge in [0.05, 0.1) is 6.10 Å². The summed E-state index contributed by atoms with van der Waals surface area (Å²) in [6.07, 6.45) is 11.4. The largest absolute Gasteiger partial charge is 0.389 e. The Labute approximate surface area is 157 Å².